The minimum Gasteiger partial charge on any atom is -0.503 e. The number of ketones is 1. The highest BCUT2D eigenvalue weighted by Crippen LogP contribution is 2.41. The van der Waals surface area contributed by atoms with Crippen LogP contribution in [0, 0.1) is 13.8 Å². The number of thiazole rings is 1. The van der Waals surface area contributed by atoms with E-state index in [0.717, 1.165) is 16.4 Å². The molecular weight excluding hydrogens is 370 g/mol. The first kappa shape index (κ1) is 18.8. The first-order valence-electron chi connectivity index (χ1n) is 8.36. The molecule has 3 heterocycles. The second-order valence-electron chi connectivity index (χ2n) is 6.61. The molecule has 1 aliphatic heterocycles. The normalized spacial score (nSPS) is 17.7. The van der Waals surface area contributed by atoms with Crippen molar-refractivity contribution in [1.82, 2.24) is 9.88 Å². The molecule has 2 aromatic rings. The van der Waals surface area contributed by atoms with Crippen molar-refractivity contribution in [2.24, 2.45) is 0 Å². The molecule has 3 rings (SSSR count). The summed E-state index contributed by atoms with van der Waals surface area (Å²) < 4.78 is 0. The molecule has 2 N–H and O–H groups in total. The average Bonchev–Trinajstić information content (AvgIpc) is 3.26. The van der Waals surface area contributed by atoms with Gasteiger partial charge in [-0.3, -0.25) is 9.59 Å². The van der Waals surface area contributed by atoms with Crippen molar-refractivity contribution in [2.75, 3.05) is 27.2 Å². The van der Waals surface area contributed by atoms with E-state index in [1.165, 1.54) is 27.6 Å². The van der Waals surface area contributed by atoms with Gasteiger partial charge in [0.05, 0.1) is 54.4 Å². The Morgan fingerprint density at radius 3 is 2.65 bits per heavy atom. The Morgan fingerprint density at radius 1 is 1.38 bits per heavy atom. The van der Waals surface area contributed by atoms with Gasteiger partial charge in [-0.2, -0.15) is 0 Å². The van der Waals surface area contributed by atoms with Gasteiger partial charge in [-0.1, -0.05) is 6.07 Å². The number of hydrogen-bond acceptors (Lipinski definition) is 6. The number of amides is 1. The number of thiophene rings is 1. The van der Waals surface area contributed by atoms with E-state index in [1.807, 2.05) is 38.5 Å². The van der Waals surface area contributed by atoms with Crippen molar-refractivity contribution >= 4 is 34.4 Å². The molecule has 1 aliphatic rings. The van der Waals surface area contributed by atoms with Crippen LogP contribution in [0.2, 0.25) is 0 Å². The topological polar surface area (TPSA) is 74.9 Å². The van der Waals surface area contributed by atoms with Crippen LogP contribution in [-0.2, 0) is 4.79 Å². The number of nitrogens with one attached hydrogen (secondary N) is 1. The van der Waals surface area contributed by atoms with E-state index in [0.29, 0.717) is 17.1 Å². The number of aromatic nitrogens is 1. The van der Waals surface area contributed by atoms with Gasteiger partial charge >= 0.3 is 0 Å². The Bertz CT molecular complexity index is 868. The highest BCUT2D eigenvalue weighted by molar-refractivity contribution is 7.14. The smallest absolute Gasteiger partial charge is 0.290 e. The number of likely N-dealkylation sites (N-methyl/N-ethyl adjacent to an activating group) is 1. The van der Waals surface area contributed by atoms with E-state index < -0.39 is 17.7 Å². The predicted molar refractivity (Wildman–Crippen MR) is 102 cm³/mol. The summed E-state index contributed by atoms with van der Waals surface area (Å²) in [6.07, 6.45) is 0. The van der Waals surface area contributed by atoms with Gasteiger partial charge in [-0.25, -0.2) is 4.98 Å². The van der Waals surface area contributed by atoms with E-state index in [4.69, 9.17) is 0 Å². The van der Waals surface area contributed by atoms with Crippen LogP contribution in [0.4, 0.5) is 0 Å². The summed E-state index contributed by atoms with van der Waals surface area (Å²) in [6, 6.07) is 3.24. The first-order chi connectivity index (χ1) is 12.3. The molecule has 1 amide bonds. The fraction of sp³-hybridized carbons (Fsp3) is 0.389. The lowest BCUT2D eigenvalue weighted by Gasteiger charge is -2.25. The highest BCUT2D eigenvalue weighted by Gasteiger charge is 2.45. The van der Waals surface area contributed by atoms with E-state index in [-0.39, 0.29) is 11.4 Å². The van der Waals surface area contributed by atoms with E-state index >= 15 is 0 Å². The number of hydrogen-bond donors (Lipinski definition) is 2. The maximum Gasteiger partial charge on any atom is 0.290 e. The van der Waals surface area contributed by atoms with Crippen LogP contribution in [0.5, 0.6) is 0 Å². The summed E-state index contributed by atoms with van der Waals surface area (Å²) in [4.78, 5) is 34.4. The first-order valence-corrected chi connectivity index (χ1v) is 10.1. The summed E-state index contributed by atoms with van der Waals surface area (Å²) in [7, 11) is 4.01. The van der Waals surface area contributed by atoms with Crippen LogP contribution in [0.15, 0.2) is 28.8 Å². The van der Waals surface area contributed by atoms with Crippen LogP contribution in [0.1, 0.15) is 31.3 Å². The minimum absolute atomic E-state index is 0.165. The Hall–Kier alpha value is -2.03. The molecule has 2 aromatic heterocycles. The number of Topliss-reactive ketones (excluding diaryl/α,β-unsaturated/α-hetero) is 1. The average molecular weight is 393 g/mol. The highest BCUT2D eigenvalue weighted by atomic mass is 32.1. The number of carbonyl (C=O) groups is 2. The van der Waals surface area contributed by atoms with Crippen molar-refractivity contribution in [3.63, 3.8) is 0 Å². The predicted octanol–water partition coefficient (Wildman–Crippen LogP) is 1.54. The van der Waals surface area contributed by atoms with E-state index in [2.05, 4.69) is 4.98 Å². The van der Waals surface area contributed by atoms with Gasteiger partial charge in [0.1, 0.15) is 0 Å². The van der Waals surface area contributed by atoms with E-state index in [9.17, 15) is 14.7 Å². The fourth-order valence-electron chi connectivity index (χ4n) is 3.07. The third-order valence-corrected chi connectivity index (χ3v) is 6.32. The van der Waals surface area contributed by atoms with Crippen molar-refractivity contribution in [3.8, 4) is 0 Å². The lowest BCUT2D eigenvalue weighted by Crippen LogP contribution is -3.06. The molecular formula is C18H22N3O3S2+. The molecule has 0 saturated heterocycles. The zero-order chi connectivity index (χ0) is 19.0. The second-order valence-corrected chi connectivity index (χ2v) is 8.79. The number of aliphatic hydroxyl groups is 1. The number of carbonyl (C=O) groups excluding carboxylic acids is 2. The number of rotatable bonds is 6. The molecule has 0 spiro atoms. The molecule has 138 valence electrons. The second kappa shape index (κ2) is 7.30. The van der Waals surface area contributed by atoms with Gasteiger partial charge in [-0.15, -0.1) is 22.7 Å². The summed E-state index contributed by atoms with van der Waals surface area (Å²) in [5.74, 6) is -1.23. The third-order valence-electron chi connectivity index (χ3n) is 4.32. The van der Waals surface area contributed by atoms with Crippen molar-refractivity contribution < 1.29 is 19.6 Å². The summed E-state index contributed by atoms with van der Waals surface area (Å²) in [5, 5.41) is 13.2. The molecule has 0 fully saturated rings. The van der Waals surface area contributed by atoms with Gasteiger partial charge in [0, 0.05) is 4.88 Å². The molecule has 0 aliphatic carbocycles. The quantitative estimate of drug-likeness (QED) is 0.732. The molecule has 0 radical (unpaired) electrons. The van der Waals surface area contributed by atoms with Crippen LogP contribution < -0.4 is 4.90 Å². The SMILES string of the molecule is Cc1nc(C)c(C(=O)C2=C(O)C(=O)N(CC[NH+](C)C)[C@H]2c2cccs2)s1. The maximum absolute atomic E-state index is 13.2. The van der Waals surface area contributed by atoms with Crippen molar-refractivity contribution in [1.29, 1.82) is 0 Å². The molecule has 0 bridgehead atoms. The van der Waals surface area contributed by atoms with Gasteiger partial charge < -0.3 is 14.9 Å². The Balaban J connectivity index is 2.04. The van der Waals surface area contributed by atoms with Gasteiger partial charge in [-0.05, 0) is 25.3 Å². The van der Waals surface area contributed by atoms with Crippen LogP contribution in [0.25, 0.3) is 0 Å². The Kier molecular flexibility index (Phi) is 5.27. The maximum atomic E-state index is 13.2. The van der Waals surface area contributed by atoms with Gasteiger partial charge in [0.15, 0.2) is 5.76 Å². The van der Waals surface area contributed by atoms with Gasteiger partial charge in [0.25, 0.3) is 5.91 Å². The summed E-state index contributed by atoms with van der Waals surface area (Å²) >= 11 is 2.77. The Morgan fingerprint density at radius 2 is 2.12 bits per heavy atom. The zero-order valence-corrected chi connectivity index (χ0v) is 16.8. The molecule has 8 heteroatoms. The standard InChI is InChI=1S/C18H21N3O3S2/c1-10-17(26-11(2)19-10)15(22)13-14(12-6-5-9-25-12)21(8-7-20(3)4)18(24)16(13)23/h5-6,9,14,23H,7-8H2,1-4H3/p+1/t14-/m0/s1. The number of quaternary nitrogens is 1. The molecule has 26 heavy (non-hydrogen) atoms. The summed E-state index contributed by atoms with van der Waals surface area (Å²) in [5.41, 5.74) is 0.796. The van der Waals surface area contributed by atoms with Gasteiger partial charge in [0.2, 0.25) is 5.78 Å². The monoisotopic (exact) mass is 392 g/mol. The Labute approximate surface area is 160 Å². The lowest BCUT2D eigenvalue weighted by atomic mass is 10.0. The lowest BCUT2D eigenvalue weighted by molar-refractivity contribution is -0.857. The number of aliphatic hydroxyl groups excluding tert-OH is 1. The largest absolute Gasteiger partial charge is 0.503 e. The van der Waals surface area contributed by atoms with E-state index in [1.54, 1.807) is 11.8 Å². The van der Waals surface area contributed by atoms with Crippen LogP contribution in [0.3, 0.4) is 0 Å². The van der Waals surface area contributed by atoms with Crippen molar-refractivity contribution in [2.45, 2.75) is 19.9 Å². The number of nitrogens with zero attached hydrogens (tertiary/aromatic N) is 2. The molecule has 0 saturated carbocycles. The molecule has 1 atom stereocenters. The van der Waals surface area contributed by atoms with Crippen molar-refractivity contribution in [3.05, 3.63) is 49.3 Å². The van der Waals surface area contributed by atoms with Crippen LogP contribution in [-0.4, -0.2) is 53.9 Å². The third kappa shape index (κ3) is 3.32. The zero-order valence-electron chi connectivity index (χ0n) is 15.2. The summed E-state index contributed by atoms with van der Waals surface area (Å²) in [6.45, 7) is 4.80. The van der Waals surface area contributed by atoms with Crippen LogP contribution >= 0.6 is 22.7 Å². The molecule has 6 nitrogen and oxygen atoms in total. The number of aryl methyl sites for hydroxylation is 2. The molecule has 0 unspecified atom stereocenters. The minimum atomic E-state index is -0.545. The fourth-order valence-corrected chi connectivity index (χ4v) is 4.79. The molecule has 0 aromatic carbocycles.